The lowest BCUT2D eigenvalue weighted by Gasteiger charge is -2.36. The van der Waals surface area contributed by atoms with Crippen LogP contribution in [0.15, 0.2) is 0 Å². The lowest BCUT2D eigenvalue weighted by Crippen LogP contribution is -2.42. The van der Waals surface area contributed by atoms with Crippen molar-refractivity contribution in [2.45, 2.75) is 58.4 Å². The molecule has 3 heteroatoms. The van der Waals surface area contributed by atoms with Gasteiger partial charge in [0.15, 0.2) is 0 Å². The van der Waals surface area contributed by atoms with Crippen LogP contribution in [-0.2, 0) is 0 Å². The van der Waals surface area contributed by atoms with Crippen LogP contribution in [-0.4, -0.2) is 47.5 Å². The van der Waals surface area contributed by atoms with E-state index in [1.807, 2.05) is 0 Å². The molecular weight excluding hydrogens is 214 g/mol. The molecule has 17 heavy (non-hydrogen) atoms. The fourth-order valence-electron chi connectivity index (χ4n) is 2.94. The summed E-state index contributed by atoms with van der Waals surface area (Å²) in [5.74, 6) is 0. The van der Waals surface area contributed by atoms with E-state index in [4.69, 9.17) is 5.11 Å². The van der Waals surface area contributed by atoms with Gasteiger partial charge in [0.25, 0.3) is 0 Å². The Balaban J connectivity index is 2.52. The predicted octanol–water partition coefficient (Wildman–Crippen LogP) is 2.02. The van der Waals surface area contributed by atoms with E-state index in [1.54, 1.807) is 0 Å². The molecule has 1 saturated heterocycles. The topological polar surface area (TPSA) is 43.7 Å². The molecule has 1 rings (SSSR count). The van der Waals surface area contributed by atoms with Gasteiger partial charge in [-0.1, -0.05) is 13.8 Å². The van der Waals surface area contributed by atoms with Gasteiger partial charge in [0, 0.05) is 31.2 Å². The van der Waals surface area contributed by atoms with Crippen LogP contribution in [0.4, 0.5) is 0 Å². The molecule has 1 aliphatic rings. The summed E-state index contributed by atoms with van der Waals surface area (Å²) < 4.78 is 0. The van der Waals surface area contributed by atoms with Crippen molar-refractivity contribution in [1.82, 2.24) is 4.90 Å². The van der Waals surface area contributed by atoms with Gasteiger partial charge in [-0.05, 0) is 45.1 Å². The zero-order valence-corrected chi connectivity index (χ0v) is 11.5. The van der Waals surface area contributed by atoms with Crippen molar-refractivity contribution >= 4 is 0 Å². The van der Waals surface area contributed by atoms with Gasteiger partial charge >= 0.3 is 0 Å². The average molecular weight is 243 g/mol. The molecule has 102 valence electrons. The molecule has 0 aromatic rings. The van der Waals surface area contributed by atoms with E-state index < -0.39 is 0 Å². The maximum Gasteiger partial charge on any atom is 0.0499 e. The van der Waals surface area contributed by atoms with Crippen LogP contribution in [0, 0.1) is 5.41 Å². The van der Waals surface area contributed by atoms with Gasteiger partial charge in [0.05, 0.1) is 0 Å². The zero-order chi connectivity index (χ0) is 12.7. The molecule has 1 heterocycles. The first kappa shape index (κ1) is 14.9. The molecule has 1 fully saturated rings. The Labute approximate surface area is 106 Å². The van der Waals surface area contributed by atoms with Crippen LogP contribution in [0.2, 0.25) is 0 Å². The minimum absolute atomic E-state index is 0.0851. The Morgan fingerprint density at radius 3 is 2.47 bits per heavy atom. The van der Waals surface area contributed by atoms with Crippen molar-refractivity contribution in [2.75, 3.05) is 26.3 Å². The molecule has 0 bridgehead atoms. The van der Waals surface area contributed by atoms with Gasteiger partial charge in [-0.25, -0.2) is 0 Å². The van der Waals surface area contributed by atoms with Gasteiger partial charge in [0.2, 0.25) is 0 Å². The minimum Gasteiger partial charge on any atom is -0.396 e. The first-order chi connectivity index (χ1) is 8.21. The third kappa shape index (κ3) is 3.94. The molecule has 0 amide bonds. The fraction of sp³-hybridized carbons (Fsp3) is 1.00. The van der Waals surface area contributed by atoms with Crippen molar-refractivity contribution in [3.63, 3.8) is 0 Å². The maximum absolute atomic E-state index is 9.63. The van der Waals surface area contributed by atoms with E-state index in [9.17, 15) is 5.11 Å². The summed E-state index contributed by atoms with van der Waals surface area (Å²) >= 11 is 0. The average Bonchev–Trinajstić information content (AvgIpc) is 2.80. The number of aliphatic hydroxyl groups is 2. The van der Waals surface area contributed by atoms with Crippen LogP contribution >= 0.6 is 0 Å². The fourth-order valence-corrected chi connectivity index (χ4v) is 2.94. The molecule has 0 spiro atoms. The van der Waals surface area contributed by atoms with Crippen LogP contribution < -0.4 is 0 Å². The van der Waals surface area contributed by atoms with Crippen molar-refractivity contribution in [2.24, 2.45) is 5.41 Å². The lowest BCUT2D eigenvalue weighted by atomic mass is 9.82. The molecular formula is C14H29NO2. The van der Waals surface area contributed by atoms with Crippen LogP contribution in [0.3, 0.4) is 0 Å². The quantitative estimate of drug-likeness (QED) is 0.685. The molecule has 0 saturated carbocycles. The highest BCUT2D eigenvalue weighted by Gasteiger charge is 2.33. The summed E-state index contributed by atoms with van der Waals surface area (Å²) in [6.07, 6.45) is 6.63. The first-order valence-corrected chi connectivity index (χ1v) is 7.17. The molecule has 1 aliphatic heterocycles. The van der Waals surface area contributed by atoms with Crippen LogP contribution in [0.5, 0.6) is 0 Å². The van der Waals surface area contributed by atoms with E-state index in [0.717, 1.165) is 38.8 Å². The summed E-state index contributed by atoms with van der Waals surface area (Å²) in [4.78, 5) is 2.54. The van der Waals surface area contributed by atoms with E-state index in [0.29, 0.717) is 19.3 Å². The number of hydrogen-bond acceptors (Lipinski definition) is 3. The van der Waals surface area contributed by atoms with Crippen molar-refractivity contribution in [3.05, 3.63) is 0 Å². The smallest absolute Gasteiger partial charge is 0.0499 e. The van der Waals surface area contributed by atoms with E-state index in [1.165, 1.54) is 12.8 Å². The van der Waals surface area contributed by atoms with Gasteiger partial charge in [-0.2, -0.15) is 0 Å². The number of nitrogens with zero attached hydrogens (tertiary/aromatic N) is 1. The summed E-state index contributed by atoms with van der Waals surface area (Å²) in [7, 11) is 0. The Hall–Kier alpha value is -0.120. The van der Waals surface area contributed by atoms with Gasteiger partial charge in [-0.3, -0.25) is 4.90 Å². The Bertz CT molecular complexity index is 196. The molecule has 1 unspecified atom stereocenters. The van der Waals surface area contributed by atoms with Crippen molar-refractivity contribution < 1.29 is 10.2 Å². The second kappa shape index (κ2) is 7.34. The van der Waals surface area contributed by atoms with Crippen LogP contribution in [0.25, 0.3) is 0 Å². The monoisotopic (exact) mass is 243 g/mol. The summed E-state index contributed by atoms with van der Waals surface area (Å²) in [6, 6.07) is 0.631. The largest absolute Gasteiger partial charge is 0.396 e. The number of aliphatic hydroxyl groups excluding tert-OH is 2. The SMILES string of the molecule is CCC(CC)(CO)CN1CCCC1CCCO. The van der Waals surface area contributed by atoms with Crippen LogP contribution in [0.1, 0.15) is 52.4 Å². The molecule has 0 aliphatic carbocycles. The Morgan fingerprint density at radius 2 is 1.94 bits per heavy atom. The highest BCUT2D eigenvalue weighted by Crippen LogP contribution is 2.31. The maximum atomic E-state index is 9.63. The Morgan fingerprint density at radius 1 is 1.24 bits per heavy atom. The zero-order valence-electron chi connectivity index (χ0n) is 11.5. The highest BCUT2D eigenvalue weighted by atomic mass is 16.3. The van der Waals surface area contributed by atoms with E-state index >= 15 is 0 Å². The number of rotatable bonds is 8. The van der Waals surface area contributed by atoms with E-state index in [2.05, 4.69) is 18.7 Å². The normalized spacial score (nSPS) is 22.2. The summed E-state index contributed by atoms with van der Waals surface area (Å²) in [5, 5.41) is 18.6. The molecule has 2 N–H and O–H groups in total. The van der Waals surface area contributed by atoms with Crippen molar-refractivity contribution in [1.29, 1.82) is 0 Å². The van der Waals surface area contributed by atoms with Gasteiger partial charge in [-0.15, -0.1) is 0 Å². The lowest BCUT2D eigenvalue weighted by molar-refractivity contribution is 0.0580. The minimum atomic E-state index is 0.0851. The third-order valence-corrected chi connectivity index (χ3v) is 4.57. The first-order valence-electron chi connectivity index (χ1n) is 7.17. The van der Waals surface area contributed by atoms with Gasteiger partial charge in [0.1, 0.15) is 0 Å². The highest BCUT2D eigenvalue weighted by molar-refractivity contribution is 4.86. The third-order valence-electron chi connectivity index (χ3n) is 4.57. The second-order valence-electron chi connectivity index (χ2n) is 5.50. The van der Waals surface area contributed by atoms with E-state index in [-0.39, 0.29) is 5.41 Å². The molecule has 0 aromatic carbocycles. The summed E-state index contributed by atoms with van der Waals surface area (Å²) in [6.45, 7) is 7.14. The van der Waals surface area contributed by atoms with Gasteiger partial charge < -0.3 is 10.2 Å². The molecule has 0 radical (unpaired) electrons. The predicted molar refractivity (Wildman–Crippen MR) is 71.0 cm³/mol. The number of likely N-dealkylation sites (tertiary alicyclic amines) is 1. The second-order valence-corrected chi connectivity index (χ2v) is 5.50. The molecule has 3 nitrogen and oxygen atoms in total. The number of hydrogen-bond donors (Lipinski definition) is 2. The Kier molecular flexibility index (Phi) is 6.45. The standard InChI is InChI=1S/C14H29NO2/c1-3-14(4-2,12-17)11-15-9-5-7-13(15)8-6-10-16/h13,16-17H,3-12H2,1-2H3. The van der Waals surface area contributed by atoms with Crippen molar-refractivity contribution in [3.8, 4) is 0 Å². The molecule has 0 aromatic heterocycles. The molecule has 1 atom stereocenters. The summed E-state index contributed by atoms with van der Waals surface area (Å²) in [5.41, 5.74) is 0.0851.